The van der Waals surface area contributed by atoms with E-state index in [2.05, 4.69) is 0 Å². The van der Waals surface area contributed by atoms with Crippen molar-refractivity contribution < 1.29 is 19.2 Å². The van der Waals surface area contributed by atoms with Gasteiger partial charge in [-0.05, 0) is 48.9 Å². The van der Waals surface area contributed by atoms with Gasteiger partial charge in [0.2, 0.25) is 5.91 Å². The van der Waals surface area contributed by atoms with Crippen LogP contribution in [0.25, 0.3) is 0 Å². The van der Waals surface area contributed by atoms with Crippen molar-refractivity contribution in [1.82, 2.24) is 0 Å². The smallest absolute Gasteiger partial charge is 0.266 e. The van der Waals surface area contributed by atoms with Gasteiger partial charge in [0.25, 0.3) is 5.91 Å². The SMILES string of the molecule is CCOc1ccccc1N1C(=O)[C@H]2[C@H](ON(c3ccccc3)[C@H]2c2ccc(Cl)cc2Cl)C1=O. The highest BCUT2D eigenvalue weighted by molar-refractivity contribution is 6.35. The average molecular weight is 483 g/mol. The number of hydrogen-bond acceptors (Lipinski definition) is 5. The number of nitrogens with zero attached hydrogens (tertiary/aromatic N) is 2. The van der Waals surface area contributed by atoms with Crippen LogP contribution >= 0.6 is 23.2 Å². The molecule has 0 aliphatic carbocycles. The molecule has 2 amide bonds. The number of ether oxygens (including phenoxy) is 1. The maximum absolute atomic E-state index is 13.8. The molecule has 33 heavy (non-hydrogen) atoms. The van der Waals surface area contributed by atoms with Gasteiger partial charge in [0.1, 0.15) is 11.7 Å². The van der Waals surface area contributed by atoms with Crippen LogP contribution in [-0.4, -0.2) is 24.5 Å². The van der Waals surface area contributed by atoms with E-state index in [1.165, 1.54) is 4.90 Å². The summed E-state index contributed by atoms with van der Waals surface area (Å²) in [6.07, 6.45) is -0.996. The van der Waals surface area contributed by atoms with E-state index in [0.717, 1.165) is 0 Å². The van der Waals surface area contributed by atoms with Crippen molar-refractivity contribution in [3.05, 3.63) is 88.4 Å². The summed E-state index contributed by atoms with van der Waals surface area (Å²) in [5, 5.41) is 2.48. The minimum atomic E-state index is -0.996. The van der Waals surface area contributed by atoms with Crippen molar-refractivity contribution in [2.45, 2.75) is 19.1 Å². The Morgan fingerprint density at radius 3 is 2.39 bits per heavy atom. The van der Waals surface area contributed by atoms with Crippen LogP contribution in [0.5, 0.6) is 5.75 Å². The highest BCUT2D eigenvalue weighted by Crippen LogP contribution is 2.50. The molecule has 5 rings (SSSR count). The lowest BCUT2D eigenvalue weighted by Crippen LogP contribution is -2.37. The van der Waals surface area contributed by atoms with E-state index in [1.807, 2.05) is 37.3 Å². The fraction of sp³-hybridized carbons (Fsp3) is 0.200. The molecule has 3 aromatic carbocycles. The Morgan fingerprint density at radius 2 is 1.67 bits per heavy atom. The van der Waals surface area contributed by atoms with Crippen molar-refractivity contribution in [3.63, 3.8) is 0 Å². The van der Waals surface area contributed by atoms with Crippen molar-refractivity contribution in [2.75, 3.05) is 16.6 Å². The molecule has 6 nitrogen and oxygen atoms in total. The van der Waals surface area contributed by atoms with E-state index in [4.69, 9.17) is 32.8 Å². The molecule has 2 aliphatic heterocycles. The number of halogens is 2. The fourth-order valence-corrected chi connectivity index (χ4v) is 4.95. The van der Waals surface area contributed by atoms with Gasteiger partial charge < -0.3 is 4.74 Å². The molecule has 0 unspecified atom stereocenters. The predicted molar refractivity (Wildman–Crippen MR) is 127 cm³/mol. The number of hydroxylamine groups is 1. The molecule has 0 aromatic heterocycles. The van der Waals surface area contributed by atoms with Crippen LogP contribution in [0.1, 0.15) is 18.5 Å². The first-order valence-corrected chi connectivity index (χ1v) is 11.3. The normalized spacial score (nSPS) is 22.1. The van der Waals surface area contributed by atoms with Gasteiger partial charge in [-0.3, -0.25) is 14.4 Å². The third kappa shape index (κ3) is 3.64. The van der Waals surface area contributed by atoms with E-state index in [1.54, 1.807) is 47.5 Å². The van der Waals surface area contributed by atoms with E-state index in [9.17, 15) is 9.59 Å². The van der Waals surface area contributed by atoms with E-state index in [-0.39, 0.29) is 5.91 Å². The topological polar surface area (TPSA) is 59.1 Å². The van der Waals surface area contributed by atoms with Crippen molar-refractivity contribution in [2.24, 2.45) is 5.92 Å². The predicted octanol–water partition coefficient (Wildman–Crippen LogP) is 5.44. The largest absolute Gasteiger partial charge is 0.492 e. The minimum absolute atomic E-state index is 0.369. The number of imide groups is 1. The van der Waals surface area contributed by atoms with Crippen LogP contribution in [0, 0.1) is 5.92 Å². The number of carbonyl (C=O) groups excluding carboxylic acids is 2. The summed E-state index contributed by atoms with van der Waals surface area (Å²) in [4.78, 5) is 34.6. The zero-order chi connectivity index (χ0) is 23.1. The maximum Gasteiger partial charge on any atom is 0.266 e. The van der Waals surface area contributed by atoms with Crippen LogP contribution < -0.4 is 14.7 Å². The molecule has 2 saturated heterocycles. The second-order valence-corrected chi connectivity index (χ2v) is 8.58. The molecule has 168 valence electrons. The second-order valence-electron chi connectivity index (χ2n) is 7.74. The third-order valence-electron chi connectivity index (χ3n) is 5.81. The Kier molecular flexibility index (Phi) is 5.74. The van der Waals surface area contributed by atoms with Gasteiger partial charge in [-0.1, -0.05) is 59.6 Å². The lowest BCUT2D eigenvalue weighted by Gasteiger charge is -2.29. The van der Waals surface area contributed by atoms with E-state index < -0.39 is 24.0 Å². The van der Waals surface area contributed by atoms with Gasteiger partial charge in [-0.15, -0.1) is 0 Å². The zero-order valence-corrected chi connectivity index (χ0v) is 19.2. The molecule has 0 bridgehead atoms. The molecule has 2 aliphatic rings. The number of carbonyl (C=O) groups is 2. The molecule has 0 radical (unpaired) electrons. The average Bonchev–Trinajstić information content (AvgIpc) is 3.31. The standard InChI is InChI=1S/C25H20Cl2N2O4/c1-2-32-20-11-7-6-10-19(20)28-24(30)21-22(17-13-12-15(26)14-18(17)27)29(33-23(21)25(28)31)16-8-4-3-5-9-16/h3-14,21-23H,2H2,1H3/t21-,22+,23+/m1/s1. The molecule has 2 fully saturated rings. The van der Waals surface area contributed by atoms with Gasteiger partial charge >= 0.3 is 0 Å². The lowest BCUT2D eigenvalue weighted by molar-refractivity contribution is -0.126. The number of rotatable bonds is 5. The van der Waals surface area contributed by atoms with Crippen LogP contribution in [0.3, 0.4) is 0 Å². The quantitative estimate of drug-likeness (QED) is 0.453. The molecule has 3 aromatic rings. The molecular formula is C25H20Cl2N2O4. The van der Waals surface area contributed by atoms with Gasteiger partial charge in [0.05, 0.1) is 24.0 Å². The maximum atomic E-state index is 13.8. The van der Waals surface area contributed by atoms with Crippen LogP contribution in [0.15, 0.2) is 72.8 Å². The first-order valence-electron chi connectivity index (χ1n) is 10.6. The first kappa shape index (κ1) is 21.8. The Bertz CT molecular complexity index is 1220. The number of para-hydroxylation sites is 3. The van der Waals surface area contributed by atoms with Gasteiger partial charge in [0, 0.05) is 10.0 Å². The minimum Gasteiger partial charge on any atom is -0.492 e. The highest BCUT2D eigenvalue weighted by atomic mass is 35.5. The van der Waals surface area contributed by atoms with Gasteiger partial charge in [-0.2, -0.15) is 0 Å². The number of benzene rings is 3. The Labute approximate surface area is 201 Å². The summed E-state index contributed by atoms with van der Waals surface area (Å²) in [6, 6.07) is 20.8. The van der Waals surface area contributed by atoms with Crippen LogP contribution in [0.4, 0.5) is 11.4 Å². The number of amides is 2. The Morgan fingerprint density at radius 1 is 0.939 bits per heavy atom. The summed E-state index contributed by atoms with van der Waals surface area (Å²) in [5.41, 5.74) is 1.77. The molecular weight excluding hydrogens is 463 g/mol. The van der Waals surface area contributed by atoms with Gasteiger partial charge in [-0.25, -0.2) is 9.96 Å². The third-order valence-corrected chi connectivity index (χ3v) is 6.38. The first-order chi connectivity index (χ1) is 16.0. The second kappa shape index (κ2) is 8.71. The summed E-state index contributed by atoms with van der Waals surface area (Å²) < 4.78 is 5.67. The number of anilines is 2. The number of hydrogen-bond donors (Lipinski definition) is 0. The summed E-state index contributed by atoms with van der Waals surface area (Å²) in [5.74, 6) is -1.15. The summed E-state index contributed by atoms with van der Waals surface area (Å²) in [6.45, 7) is 2.25. The van der Waals surface area contributed by atoms with Gasteiger partial charge in [0.15, 0.2) is 6.10 Å². The number of fused-ring (bicyclic) bond motifs is 1. The zero-order valence-electron chi connectivity index (χ0n) is 17.7. The monoisotopic (exact) mass is 482 g/mol. The Hall–Kier alpha value is -3.06. The molecule has 3 atom stereocenters. The Balaban J connectivity index is 1.61. The van der Waals surface area contributed by atoms with Crippen molar-refractivity contribution in [3.8, 4) is 5.75 Å². The molecule has 0 spiro atoms. The highest BCUT2D eigenvalue weighted by Gasteiger charge is 2.61. The van der Waals surface area contributed by atoms with E-state index >= 15 is 0 Å². The van der Waals surface area contributed by atoms with Crippen LogP contribution in [0.2, 0.25) is 10.0 Å². The van der Waals surface area contributed by atoms with Crippen molar-refractivity contribution >= 4 is 46.4 Å². The van der Waals surface area contributed by atoms with E-state index in [0.29, 0.717) is 39.3 Å². The summed E-state index contributed by atoms with van der Waals surface area (Å²) >= 11 is 12.7. The molecule has 8 heteroatoms. The summed E-state index contributed by atoms with van der Waals surface area (Å²) in [7, 11) is 0. The molecule has 2 heterocycles. The van der Waals surface area contributed by atoms with Crippen LogP contribution in [-0.2, 0) is 14.4 Å². The van der Waals surface area contributed by atoms with Crippen molar-refractivity contribution in [1.29, 1.82) is 0 Å². The lowest BCUT2D eigenvalue weighted by atomic mass is 9.90. The molecule has 0 saturated carbocycles. The fourth-order valence-electron chi connectivity index (χ4n) is 4.43. The molecule has 0 N–H and O–H groups in total.